The number of nitrogens with zero attached hydrogens (tertiary/aromatic N) is 1. The van der Waals surface area contributed by atoms with Crippen molar-refractivity contribution in [1.29, 1.82) is 0 Å². The molecule has 0 bridgehead atoms. The Balaban J connectivity index is 2.54. The van der Waals surface area contributed by atoms with Gasteiger partial charge in [0.2, 0.25) is 5.91 Å². The van der Waals surface area contributed by atoms with Gasteiger partial charge in [0.15, 0.2) is 0 Å². The van der Waals surface area contributed by atoms with Gasteiger partial charge >= 0.3 is 0 Å². The van der Waals surface area contributed by atoms with Crippen LogP contribution in [0.2, 0.25) is 0 Å². The first-order chi connectivity index (χ1) is 7.13. The number of rotatable bonds is 4. The van der Waals surface area contributed by atoms with Crippen LogP contribution in [0.15, 0.2) is 24.3 Å². The normalized spacial score (nSPS) is 10.0. The van der Waals surface area contributed by atoms with E-state index in [4.69, 9.17) is 10.2 Å². The Morgan fingerprint density at radius 3 is 2.47 bits per heavy atom. The monoisotopic (exact) mass is 209 g/mol. The predicted molar refractivity (Wildman–Crippen MR) is 56.5 cm³/mol. The van der Waals surface area contributed by atoms with Crippen LogP contribution >= 0.6 is 0 Å². The fourth-order valence-electron chi connectivity index (χ4n) is 1.20. The number of aromatic hydroxyl groups is 1. The van der Waals surface area contributed by atoms with Crippen molar-refractivity contribution in [2.24, 2.45) is 0 Å². The van der Waals surface area contributed by atoms with Gasteiger partial charge in [0.25, 0.3) is 0 Å². The molecule has 0 radical (unpaired) electrons. The number of carbonyl (C=O) groups excluding carboxylic acids is 1. The summed E-state index contributed by atoms with van der Waals surface area (Å²) in [4.78, 5) is 13.0. The molecule has 1 aromatic carbocycles. The van der Waals surface area contributed by atoms with Crippen LogP contribution in [0.1, 0.15) is 5.56 Å². The third-order valence-corrected chi connectivity index (χ3v) is 2.15. The number of carbonyl (C=O) groups is 1. The predicted octanol–water partition coefficient (Wildman–Crippen LogP) is 0.385. The second kappa shape index (κ2) is 5.36. The van der Waals surface area contributed by atoms with Gasteiger partial charge < -0.3 is 15.1 Å². The van der Waals surface area contributed by atoms with Crippen LogP contribution in [-0.4, -0.2) is 41.2 Å². The zero-order valence-corrected chi connectivity index (χ0v) is 8.68. The highest BCUT2D eigenvalue weighted by atomic mass is 16.3. The summed E-state index contributed by atoms with van der Waals surface area (Å²) in [5.41, 5.74) is 0.850. The molecule has 0 saturated carbocycles. The molecule has 4 nitrogen and oxygen atoms in total. The van der Waals surface area contributed by atoms with Crippen molar-refractivity contribution in [3.8, 4) is 5.75 Å². The molecule has 0 heterocycles. The average Bonchev–Trinajstić information content (AvgIpc) is 2.22. The lowest BCUT2D eigenvalue weighted by Crippen LogP contribution is -2.30. The minimum absolute atomic E-state index is 0.0299. The highest BCUT2D eigenvalue weighted by Crippen LogP contribution is 2.10. The molecule has 0 atom stereocenters. The number of likely N-dealkylation sites (N-methyl/N-ethyl adjacent to an activating group) is 1. The highest BCUT2D eigenvalue weighted by molar-refractivity contribution is 5.78. The summed E-state index contributed by atoms with van der Waals surface area (Å²) < 4.78 is 0. The van der Waals surface area contributed by atoms with Gasteiger partial charge in [0, 0.05) is 13.6 Å². The van der Waals surface area contributed by atoms with Crippen LogP contribution in [-0.2, 0) is 11.2 Å². The SMILES string of the molecule is CN(CCO)C(=O)Cc1ccc(O)cc1. The first-order valence-electron chi connectivity index (χ1n) is 4.76. The molecule has 82 valence electrons. The lowest BCUT2D eigenvalue weighted by molar-refractivity contribution is -0.129. The number of phenols is 1. The Morgan fingerprint density at radius 2 is 1.93 bits per heavy atom. The number of amides is 1. The summed E-state index contributed by atoms with van der Waals surface area (Å²) in [5, 5.41) is 17.7. The van der Waals surface area contributed by atoms with Crippen LogP contribution in [0.4, 0.5) is 0 Å². The van der Waals surface area contributed by atoms with Crippen LogP contribution in [0.3, 0.4) is 0 Å². The molecule has 0 spiro atoms. The molecule has 15 heavy (non-hydrogen) atoms. The maximum absolute atomic E-state index is 11.5. The summed E-state index contributed by atoms with van der Waals surface area (Å²) in [5.74, 6) is 0.143. The first-order valence-corrected chi connectivity index (χ1v) is 4.76. The van der Waals surface area contributed by atoms with Crippen molar-refractivity contribution in [1.82, 2.24) is 4.90 Å². The van der Waals surface area contributed by atoms with E-state index in [1.807, 2.05) is 0 Å². The van der Waals surface area contributed by atoms with Crippen molar-refractivity contribution in [3.63, 3.8) is 0 Å². The van der Waals surface area contributed by atoms with Crippen LogP contribution < -0.4 is 0 Å². The number of hydrogen-bond donors (Lipinski definition) is 2. The summed E-state index contributed by atoms with van der Waals surface area (Å²) >= 11 is 0. The minimum atomic E-state index is -0.0465. The fourth-order valence-corrected chi connectivity index (χ4v) is 1.20. The van der Waals surface area contributed by atoms with Gasteiger partial charge in [-0.3, -0.25) is 4.79 Å². The van der Waals surface area contributed by atoms with Crippen molar-refractivity contribution < 1.29 is 15.0 Å². The Morgan fingerprint density at radius 1 is 1.33 bits per heavy atom. The lowest BCUT2D eigenvalue weighted by atomic mass is 10.1. The van der Waals surface area contributed by atoms with Crippen molar-refractivity contribution in [2.75, 3.05) is 20.2 Å². The molecule has 0 aliphatic carbocycles. The largest absolute Gasteiger partial charge is 0.508 e. The summed E-state index contributed by atoms with van der Waals surface area (Å²) in [6, 6.07) is 6.52. The van der Waals surface area contributed by atoms with Crippen molar-refractivity contribution in [2.45, 2.75) is 6.42 Å². The standard InChI is InChI=1S/C11H15NO3/c1-12(6-7-13)11(15)8-9-2-4-10(14)5-3-9/h2-5,13-14H,6-8H2,1H3. The summed E-state index contributed by atoms with van der Waals surface area (Å²) in [7, 11) is 1.65. The van der Waals surface area contributed by atoms with Gasteiger partial charge in [-0.2, -0.15) is 0 Å². The fraction of sp³-hybridized carbons (Fsp3) is 0.364. The van der Waals surface area contributed by atoms with E-state index in [2.05, 4.69) is 0 Å². The van der Waals surface area contributed by atoms with Crippen LogP contribution in [0, 0.1) is 0 Å². The van der Waals surface area contributed by atoms with Crippen LogP contribution in [0.5, 0.6) is 5.75 Å². The average molecular weight is 209 g/mol. The molecule has 4 heteroatoms. The van der Waals surface area contributed by atoms with Gasteiger partial charge in [-0.05, 0) is 17.7 Å². The zero-order chi connectivity index (χ0) is 11.3. The molecule has 0 saturated heterocycles. The smallest absolute Gasteiger partial charge is 0.226 e. The molecule has 0 fully saturated rings. The number of phenolic OH excluding ortho intramolecular Hbond substituents is 1. The van der Waals surface area contributed by atoms with E-state index in [0.717, 1.165) is 5.56 Å². The summed E-state index contributed by atoms with van der Waals surface area (Å²) in [6.45, 7) is 0.314. The van der Waals surface area contributed by atoms with E-state index >= 15 is 0 Å². The number of benzene rings is 1. The molecular formula is C11H15NO3. The van der Waals surface area contributed by atoms with Crippen molar-refractivity contribution >= 4 is 5.91 Å². The highest BCUT2D eigenvalue weighted by Gasteiger charge is 2.08. The zero-order valence-electron chi connectivity index (χ0n) is 8.68. The number of aliphatic hydroxyl groups excluding tert-OH is 1. The van der Waals surface area contributed by atoms with Gasteiger partial charge in [-0.1, -0.05) is 12.1 Å². The molecule has 0 unspecified atom stereocenters. The van der Waals surface area contributed by atoms with E-state index in [-0.39, 0.29) is 24.7 Å². The van der Waals surface area contributed by atoms with E-state index in [1.165, 1.54) is 4.90 Å². The Bertz CT molecular complexity index is 321. The number of hydrogen-bond acceptors (Lipinski definition) is 3. The maximum atomic E-state index is 11.5. The quantitative estimate of drug-likeness (QED) is 0.754. The van der Waals surface area contributed by atoms with Gasteiger partial charge in [0.1, 0.15) is 5.75 Å². The van der Waals surface area contributed by atoms with Crippen molar-refractivity contribution in [3.05, 3.63) is 29.8 Å². The van der Waals surface area contributed by atoms with Gasteiger partial charge in [-0.25, -0.2) is 0 Å². The van der Waals surface area contributed by atoms with E-state index in [1.54, 1.807) is 31.3 Å². The lowest BCUT2D eigenvalue weighted by Gasteiger charge is -2.15. The van der Waals surface area contributed by atoms with Crippen LogP contribution in [0.25, 0.3) is 0 Å². The topological polar surface area (TPSA) is 60.8 Å². The Kier molecular flexibility index (Phi) is 4.12. The Labute approximate surface area is 88.8 Å². The van der Waals surface area contributed by atoms with E-state index < -0.39 is 0 Å². The molecular weight excluding hydrogens is 194 g/mol. The first kappa shape index (κ1) is 11.5. The third-order valence-electron chi connectivity index (χ3n) is 2.15. The molecule has 1 amide bonds. The molecule has 1 aromatic rings. The molecule has 1 rings (SSSR count). The number of aliphatic hydroxyl groups is 1. The molecule has 0 aliphatic rings. The second-order valence-corrected chi connectivity index (χ2v) is 3.38. The Hall–Kier alpha value is -1.55. The van der Waals surface area contributed by atoms with E-state index in [0.29, 0.717) is 6.54 Å². The van der Waals surface area contributed by atoms with Gasteiger partial charge in [0.05, 0.1) is 13.0 Å². The minimum Gasteiger partial charge on any atom is -0.508 e. The summed E-state index contributed by atoms with van der Waals surface area (Å²) in [6.07, 6.45) is 0.288. The van der Waals surface area contributed by atoms with E-state index in [9.17, 15) is 4.79 Å². The third kappa shape index (κ3) is 3.59. The molecule has 2 N–H and O–H groups in total. The van der Waals surface area contributed by atoms with Gasteiger partial charge in [-0.15, -0.1) is 0 Å². The second-order valence-electron chi connectivity index (χ2n) is 3.38. The molecule has 0 aliphatic heterocycles. The molecule has 0 aromatic heterocycles. The maximum Gasteiger partial charge on any atom is 0.226 e.